The molecule has 0 aliphatic heterocycles. The lowest BCUT2D eigenvalue weighted by molar-refractivity contribution is -0.123. The molecule has 3 rings (SSSR count). The Morgan fingerprint density at radius 1 is 1.00 bits per heavy atom. The zero-order valence-electron chi connectivity index (χ0n) is 18.3. The molecule has 1 atom stereocenters. The van der Waals surface area contributed by atoms with Crippen LogP contribution in [0.2, 0.25) is 0 Å². The van der Waals surface area contributed by atoms with E-state index in [4.69, 9.17) is 9.15 Å². The van der Waals surface area contributed by atoms with Crippen LogP contribution in [0.1, 0.15) is 49.9 Å². The number of benzene rings is 2. The smallest absolute Gasteiger partial charge is 0.294 e. The fraction of sp³-hybridized carbons (Fsp3) is 0.280. The van der Waals surface area contributed by atoms with Crippen LogP contribution < -0.4 is 15.0 Å². The third-order valence-corrected chi connectivity index (χ3v) is 4.50. The van der Waals surface area contributed by atoms with Crippen molar-refractivity contribution < 1.29 is 18.7 Å². The zero-order valence-corrected chi connectivity index (χ0v) is 18.3. The lowest BCUT2D eigenvalue weighted by atomic mass is 10.0. The molecule has 0 unspecified atom stereocenters. The van der Waals surface area contributed by atoms with Crippen LogP contribution in [0.5, 0.6) is 5.75 Å². The van der Waals surface area contributed by atoms with Crippen molar-refractivity contribution in [1.82, 2.24) is 5.32 Å². The standard InChI is InChI=1S/C25H28N2O4/c1-5-30-20-15-13-19(14-16-20)27(24(29)21-12-9-17-31-21)22(18-10-7-6-8-11-18)23(28)26-25(2,3)4/h6-17,22H,5H2,1-4H3,(H,26,28)/t22-/m0/s1. The Hall–Kier alpha value is -3.54. The minimum Gasteiger partial charge on any atom is -0.494 e. The third kappa shape index (κ3) is 5.54. The van der Waals surface area contributed by atoms with Gasteiger partial charge >= 0.3 is 0 Å². The molecule has 0 aliphatic rings. The number of furan rings is 1. The number of rotatable bonds is 7. The van der Waals surface area contributed by atoms with Gasteiger partial charge < -0.3 is 14.5 Å². The van der Waals surface area contributed by atoms with Gasteiger partial charge in [0.05, 0.1) is 12.9 Å². The van der Waals surface area contributed by atoms with Gasteiger partial charge in [0.2, 0.25) is 5.91 Å². The average Bonchev–Trinajstić information content (AvgIpc) is 3.27. The number of carbonyl (C=O) groups excluding carboxylic acids is 2. The quantitative estimate of drug-likeness (QED) is 0.585. The molecule has 2 amide bonds. The van der Waals surface area contributed by atoms with Crippen LogP contribution >= 0.6 is 0 Å². The molecule has 0 saturated heterocycles. The maximum atomic E-state index is 13.5. The predicted molar refractivity (Wildman–Crippen MR) is 120 cm³/mol. The molecule has 162 valence electrons. The molecule has 0 fully saturated rings. The summed E-state index contributed by atoms with van der Waals surface area (Å²) in [5.74, 6) is 0.144. The van der Waals surface area contributed by atoms with E-state index < -0.39 is 17.5 Å². The maximum Gasteiger partial charge on any atom is 0.294 e. The van der Waals surface area contributed by atoms with E-state index in [1.165, 1.54) is 11.2 Å². The molecule has 6 nitrogen and oxygen atoms in total. The number of nitrogens with zero attached hydrogens (tertiary/aromatic N) is 1. The molecule has 1 heterocycles. The molecule has 2 aromatic carbocycles. The molecular weight excluding hydrogens is 392 g/mol. The van der Waals surface area contributed by atoms with Crippen molar-refractivity contribution in [2.75, 3.05) is 11.5 Å². The first-order valence-corrected chi connectivity index (χ1v) is 10.3. The van der Waals surface area contributed by atoms with E-state index in [0.717, 1.165) is 0 Å². The van der Waals surface area contributed by atoms with E-state index >= 15 is 0 Å². The van der Waals surface area contributed by atoms with Gasteiger partial charge in [0.25, 0.3) is 5.91 Å². The molecular formula is C25H28N2O4. The van der Waals surface area contributed by atoms with E-state index in [1.807, 2.05) is 58.0 Å². The molecule has 0 spiro atoms. The van der Waals surface area contributed by atoms with Crippen molar-refractivity contribution in [2.24, 2.45) is 0 Å². The highest BCUT2D eigenvalue weighted by atomic mass is 16.5. The molecule has 0 saturated carbocycles. The summed E-state index contributed by atoms with van der Waals surface area (Å²) in [5.41, 5.74) is 0.781. The number of hydrogen-bond acceptors (Lipinski definition) is 4. The molecule has 0 bridgehead atoms. The number of nitrogens with one attached hydrogen (secondary N) is 1. The van der Waals surface area contributed by atoms with Gasteiger partial charge in [-0.15, -0.1) is 0 Å². The van der Waals surface area contributed by atoms with Crippen molar-refractivity contribution in [3.8, 4) is 5.75 Å². The lowest BCUT2D eigenvalue weighted by Crippen LogP contribution is -2.49. The Balaban J connectivity index is 2.12. The van der Waals surface area contributed by atoms with Crippen molar-refractivity contribution in [1.29, 1.82) is 0 Å². The topological polar surface area (TPSA) is 71.8 Å². The molecule has 0 radical (unpaired) electrons. The van der Waals surface area contributed by atoms with E-state index in [0.29, 0.717) is 23.6 Å². The number of hydrogen-bond donors (Lipinski definition) is 1. The fourth-order valence-corrected chi connectivity index (χ4v) is 3.26. The third-order valence-electron chi connectivity index (χ3n) is 4.50. The Bertz CT molecular complexity index is 990. The first kappa shape index (κ1) is 22.2. The maximum absolute atomic E-state index is 13.5. The molecule has 1 N–H and O–H groups in total. The van der Waals surface area contributed by atoms with Crippen LogP contribution in [0.3, 0.4) is 0 Å². The van der Waals surface area contributed by atoms with Gasteiger partial charge in [-0.25, -0.2) is 0 Å². The molecule has 6 heteroatoms. The highest BCUT2D eigenvalue weighted by Crippen LogP contribution is 2.31. The largest absolute Gasteiger partial charge is 0.494 e. The SMILES string of the molecule is CCOc1ccc(N(C(=O)c2ccco2)[C@H](C(=O)NC(C)(C)C)c2ccccc2)cc1. The number of ether oxygens (including phenoxy) is 1. The summed E-state index contributed by atoms with van der Waals surface area (Å²) in [5, 5.41) is 3.01. The second-order valence-electron chi connectivity index (χ2n) is 8.13. The summed E-state index contributed by atoms with van der Waals surface area (Å²) in [6.45, 7) is 8.16. The van der Waals surface area contributed by atoms with Crippen LogP contribution in [-0.4, -0.2) is 24.0 Å². The summed E-state index contributed by atoms with van der Waals surface area (Å²) in [7, 11) is 0. The Kier molecular flexibility index (Phi) is 6.80. The second kappa shape index (κ2) is 9.51. The van der Waals surface area contributed by atoms with Crippen LogP contribution in [0, 0.1) is 0 Å². The first-order valence-electron chi connectivity index (χ1n) is 10.3. The lowest BCUT2D eigenvalue weighted by Gasteiger charge is -2.33. The van der Waals surface area contributed by atoms with Crippen molar-refractivity contribution in [3.05, 3.63) is 84.3 Å². The van der Waals surface area contributed by atoms with Gasteiger partial charge in [-0.3, -0.25) is 14.5 Å². The Morgan fingerprint density at radius 3 is 2.23 bits per heavy atom. The number of amides is 2. The summed E-state index contributed by atoms with van der Waals surface area (Å²) < 4.78 is 10.9. The van der Waals surface area contributed by atoms with E-state index in [9.17, 15) is 9.59 Å². The summed E-state index contributed by atoms with van der Waals surface area (Å²) in [6.07, 6.45) is 1.44. The van der Waals surface area contributed by atoms with Crippen LogP contribution in [0.25, 0.3) is 0 Å². The Morgan fingerprint density at radius 2 is 1.68 bits per heavy atom. The van der Waals surface area contributed by atoms with Crippen LogP contribution in [-0.2, 0) is 4.79 Å². The van der Waals surface area contributed by atoms with Gasteiger partial charge in [0.15, 0.2) is 5.76 Å². The fourth-order valence-electron chi connectivity index (χ4n) is 3.26. The van der Waals surface area contributed by atoms with E-state index in [2.05, 4.69) is 5.32 Å². The van der Waals surface area contributed by atoms with Gasteiger partial charge in [0.1, 0.15) is 11.8 Å². The molecule has 1 aromatic heterocycles. The molecule has 3 aromatic rings. The first-order chi connectivity index (χ1) is 14.8. The minimum atomic E-state index is -0.893. The summed E-state index contributed by atoms with van der Waals surface area (Å²) in [6, 6.07) is 18.7. The normalized spacial score (nSPS) is 12.1. The summed E-state index contributed by atoms with van der Waals surface area (Å²) in [4.78, 5) is 28.4. The average molecular weight is 421 g/mol. The predicted octanol–water partition coefficient (Wildman–Crippen LogP) is 4.98. The second-order valence-corrected chi connectivity index (χ2v) is 8.13. The van der Waals surface area contributed by atoms with Crippen molar-refractivity contribution in [2.45, 2.75) is 39.3 Å². The van der Waals surface area contributed by atoms with Gasteiger partial charge in [-0.1, -0.05) is 30.3 Å². The monoisotopic (exact) mass is 420 g/mol. The van der Waals surface area contributed by atoms with Gasteiger partial charge in [-0.2, -0.15) is 0 Å². The highest BCUT2D eigenvalue weighted by molar-refractivity contribution is 6.08. The number of anilines is 1. The Labute approximate surface area is 182 Å². The molecule has 31 heavy (non-hydrogen) atoms. The van der Waals surface area contributed by atoms with Gasteiger partial charge in [0, 0.05) is 11.2 Å². The minimum absolute atomic E-state index is 0.151. The van der Waals surface area contributed by atoms with E-state index in [1.54, 1.807) is 36.4 Å². The van der Waals surface area contributed by atoms with Crippen molar-refractivity contribution >= 4 is 17.5 Å². The van der Waals surface area contributed by atoms with E-state index in [-0.39, 0.29) is 11.7 Å². The summed E-state index contributed by atoms with van der Waals surface area (Å²) >= 11 is 0. The van der Waals surface area contributed by atoms with Crippen molar-refractivity contribution in [3.63, 3.8) is 0 Å². The van der Waals surface area contributed by atoms with Crippen LogP contribution in [0.4, 0.5) is 5.69 Å². The zero-order chi connectivity index (χ0) is 22.4. The number of carbonyl (C=O) groups is 2. The highest BCUT2D eigenvalue weighted by Gasteiger charge is 2.35. The van der Waals surface area contributed by atoms with Crippen LogP contribution in [0.15, 0.2) is 77.4 Å². The van der Waals surface area contributed by atoms with Gasteiger partial charge in [-0.05, 0) is 69.7 Å². The molecule has 0 aliphatic carbocycles.